The lowest BCUT2D eigenvalue weighted by Gasteiger charge is -2.12. The van der Waals surface area contributed by atoms with Crippen LogP contribution in [0.3, 0.4) is 0 Å². The minimum Gasteiger partial charge on any atom is -0.481 e. The number of aliphatic carboxylic acids is 1. The molecular formula is C14H15BrN2O2. The summed E-state index contributed by atoms with van der Waals surface area (Å²) in [6.07, 6.45) is 2.61. The van der Waals surface area contributed by atoms with Crippen molar-refractivity contribution in [2.75, 3.05) is 0 Å². The van der Waals surface area contributed by atoms with Gasteiger partial charge in [0.2, 0.25) is 0 Å². The average molecular weight is 323 g/mol. The van der Waals surface area contributed by atoms with Crippen LogP contribution in [0.5, 0.6) is 0 Å². The smallest absolute Gasteiger partial charge is 0.307 e. The molecule has 0 saturated heterocycles. The second-order valence-corrected chi connectivity index (χ2v) is 6.14. The lowest BCUT2D eigenvalue weighted by molar-refractivity contribution is -0.142. The Morgan fingerprint density at radius 1 is 1.47 bits per heavy atom. The molecular weight excluding hydrogens is 308 g/mol. The predicted octanol–water partition coefficient (Wildman–Crippen LogP) is 3.60. The molecule has 2 unspecified atom stereocenters. The van der Waals surface area contributed by atoms with Gasteiger partial charge in [-0.25, -0.2) is 4.98 Å². The van der Waals surface area contributed by atoms with Crippen LogP contribution < -0.4 is 0 Å². The number of hydrogen-bond donors (Lipinski definition) is 2. The van der Waals surface area contributed by atoms with Crippen LogP contribution in [-0.4, -0.2) is 21.0 Å². The number of carboxylic acid groups (broad SMARTS) is 1. The van der Waals surface area contributed by atoms with Crippen molar-refractivity contribution >= 4 is 32.9 Å². The maximum Gasteiger partial charge on any atom is 0.307 e. The van der Waals surface area contributed by atoms with E-state index in [0.717, 1.165) is 46.2 Å². The maximum atomic E-state index is 11.3. The van der Waals surface area contributed by atoms with Gasteiger partial charge in [0.05, 0.1) is 17.0 Å². The van der Waals surface area contributed by atoms with E-state index in [1.807, 2.05) is 19.1 Å². The molecule has 3 rings (SSSR count). The molecule has 4 nitrogen and oxygen atoms in total. The summed E-state index contributed by atoms with van der Waals surface area (Å²) in [7, 11) is 0. The van der Waals surface area contributed by atoms with Crippen LogP contribution >= 0.6 is 15.9 Å². The maximum absolute atomic E-state index is 11.3. The molecule has 1 saturated carbocycles. The van der Waals surface area contributed by atoms with E-state index in [2.05, 4.69) is 25.9 Å². The molecule has 2 N–H and O–H groups in total. The Morgan fingerprint density at radius 2 is 2.26 bits per heavy atom. The number of H-pyrrole nitrogens is 1. The zero-order chi connectivity index (χ0) is 13.6. The fraction of sp³-hybridized carbons (Fsp3) is 0.429. The fourth-order valence-electron chi connectivity index (χ4n) is 3.02. The molecule has 0 radical (unpaired) electrons. The number of aromatic nitrogens is 2. The molecule has 1 heterocycles. The van der Waals surface area contributed by atoms with E-state index in [-0.39, 0.29) is 11.8 Å². The number of carbonyl (C=O) groups is 1. The summed E-state index contributed by atoms with van der Waals surface area (Å²) in [6, 6.07) is 4.01. The number of hydrogen-bond acceptors (Lipinski definition) is 2. The summed E-state index contributed by atoms with van der Waals surface area (Å²) in [4.78, 5) is 19.2. The van der Waals surface area contributed by atoms with Crippen molar-refractivity contribution < 1.29 is 9.90 Å². The van der Waals surface area contributed by atoms with Crippen molar-refractivity contribution in [3.8, 4) is 0 Å². The number of rotatable bonds is 2. The molecule has 1 aliphatic rings. The van der Waals surface area contributed by atoms with Gasteiger partial charge in [0, 0.05) is 10.4 Å². The molecule has 5 heteroatoms. The molecule has 1 fully saturated rings. The normalized spacial score (nSPS) is 23.1. The van der Waals surface area contributed by atoms with E-state index < -0.39 is 5.97 Å². The molecule has 2 atom stereocenters. The SMILES string of the molecule is Cc1cc(Br)cc2[nH]c(C3CCCC3C(=O)O)nc12. The van der Waals surface area contributed by atoms with Gasteiger partial charge in [0.1, 0.15) is 5.82 Å². The topological polar surface area (TPSA) is 66.0 Å². The highest BCUT2D eigenvalue weighted by atomic mass is 79.9. The summed E-state index contributed by atoms with van der Waals surface area (Å²) in [5.41, 5.74) is 3.00. The molecule has 1 aromatic heterocycles. The summed E-state index contributed by atoms with van der Waals surface area (Å²) < 4.78 is 1.01. The number of nitrogens with zero attached hydrogens (tertiary/aromatic N) is 1. The zero-order valence-corrected chi connectivity index (χ0v) is 12.2. The summed E-state index contributed by atoms with van der Waals surface area (Å²) in [5, 5.41) is 9.27. The Kier molecular flexibility index (Phi) is 3.09. The van der Waals surface area contributed by atoms with Crippen molar-refractivity contribution in [3.05, 3.63) is 28.0 Å². The third kappa shape index (κ3) is 2.16. The van der Waals surface area contributed by atoms with Gasteiger partial charge < -0.3 is 10.1 Å². The Bertz CT molecular complexity index is 650. The molecule has 0 amide bonds. The second-order valence-electron chi connectivity index (χ2n) is 5.22. The Labute approximate surface area is 119 Å². The quantitative estimate of drug-likeness (QED) is 0.887. The number of nitrogens with one attached hydrogen (secondary N) is 1. The highest BCUT2D eigenvalue weighted by Gasteiger charge is 2.35. The van der Waals surface area contributed by atoms with Crippen LogP contribution in [0.15, 0.2) is 16.6 Å². The van der Waals surface area contributed by atoms with Crippen LogP contribution in [0.25, 0.3) is 11.0 Å². The number of imidazole rings is 1. The first-order valence-corrected chi connectivity index (χ1v) is 7.24. The van der Waals surface area contributed by atoms with Crippen molar-refractivity contribution in [2.45, 2.75) is 32.1 Å². The molecule has 2 aromatic rings. The first-order chi connectivity index (χ1) is 9.06. The Balaban J connectivity index is 2.06. The van der Waals surface area contributed by atoms with E-state index in [9.17, 15) is 9.90 Å². The van der Waals surface area contributed by atoms with Crippen LogP contribution in [-0.2, 0) is 4.79 Å². The Morgan fingerprint density at radius 3 is 3.00 bits per heavy atom. The minimum atomic E-state index is -0.708. The summed E-state index contributed by atoms with van der Waals surface area (Å²) in [5.74, 6) is -0.172. The van der Waals surface area contributed by atoms with Crippen molar-refractivity contribution in [2.24, 2.45) is 5.92 Å². The van der Waals surface area contributed by atoms with Crippen molar-refractivity contribution in [1.29, 1.82) is 0 Å². The molecule has 0 bridgehead atoms. The highest BCUT2D eigenvalue weighted by Crippen LogP contribution is 2.39. The van der Waals surface area contributed by atoms with Gasteiger partial charge in [-0.1, -0.05) is 22.4 Å². The molecule has 19 heavy (non-hydrogen) atoms. The second kappa shape index (κ2) is 4.63. The molecule has 0 aliphatic heterocycles. The fourth-order valence-corrected chi connectivity index (χ4v) is 3.60. The van der Waals surface area contributed by atoms with Crippen LogP contribution in [0.1, 0.15) is 36.6 Å². The van der Waals surface area contributed by atoms with Gasteiger partial charge in [-0.3, -0.25) is 4.79 Å². The third-order valence-corrected chi connectivity index (χ3v) is 4.40. The van der Waals surface area contributed by atoms with Gasteiger partial charge in [-0.05, 0) is 37.5 Å². The number of aryl methyl sites for hydroxylation is 1. The van der Waals surface area contributed by atoms with Crippen molar-refractivity contribution in [1.82, 2.24) is 9.97 Å². The number of halogens is 1. The van der Waals surface area contributed by atoms with Gasteiger partial charge in [0.15, 0.2) is 0 Å². The van der Waals surface area contributed by atoms with Gasteiger partial charge >= 0.3 is 5.97 Å². The van der Waals surface area contributed by atoms with Crippen LogP contribution in [0.2, 0.25) is 0 Å². The van der Waals surface area contributed by atoms with Gasteiger partial charge in [-0.2, -0.15) is 0 Å². The lowest BCUT2D eigenvalue weighted by atomic mass is 9.96. The number of aromatic amines is 1. The average Bonchev–Trinajstić information content (AvgIpc) is 2.92. The number of benzene rings is 1. The van der Waals surface area contributed by atoms with E-state index >= 15 is 0 Å². The van der Waals surface area contributed by atoms with E-state index in [1.54, 1.807) is 0 Å². The third-order valence-electron chi connectivity index (χ3n) is 3.94. The summed E-state index contributed by atoms with van der Waals surface area (Å²) in [6.45, 7) is 2.01. The lowest BCUT2D eigenvalue weighted by Crippen LogP contribution is -2.17. The number of carboxylic acids is 1. The number of fused-ring (bicyclic) bond motifs is 1. The van der Waals surface area contributed by atoms with Gasteiger partial charge in [-0.15, -0.1) is 0 Å². The van der Waals surface area contributed by atoms with E-state index in [0.29, 0.717) is 0 Å². The Hall–Kier alpha value is -1.36. The predicted molar refractivity (Wildman–Crippen MR) is 76.2 cm³/mol. The monoisotopic (exact) mass is 322 g/mol. The van der Waals surface area contributed by atoms with Gasteiger partial charge in [0.25, 0.3) is 0 Å². The standard InChI is InChI=1S/C14H15BrN2O2/c1-7-5-8(15)6-11-12(7)17-13(16-11)9-3-2-4-10(9)14(18)19/h5-6,9-10H,2-4H2,1H3,(H,16,17)(H,18,19). The summed E-state index contributed by atoms with van der Waals surface area (Å²) >= 11 is 3.47. The molecule has 100 valence electrons. The van der Waals surface area contributed by atoms with Crippen LogP contribution in [0.4, 0.5) is 0 Å². The minimum absolute atomic E-state index is 0.0167. The van der Waals surface area contributed by atoms with E-state index in [4.69, 9.17) is 0 Å². The van der Waals surface area contributed by atoms with Crippen molar-refractivity contribution in [3.63, 3.8) is 0 Å². The molecule has 1 aliphatic carbocycles. The van der Waals surface area contributed by atoms with E-state index in [1.165, 1.54) is 0 Å². The zero-order valence-electron chi connectivity index (χ0n) is 10.6. The first kappa shape index (κ1) is 12.7. The largest absolute Gasteiger partial charge is 0.481 e. The molecule has 0 spiro atoms. The molecule has 1 aromatic carbocycles. The first-order valence-electron chi connectivity index (χ1n) is 6.45. The highest BCUT2D eigenvalue weighted by molar-refractivity contribution is 9.10. The van der Waals surface area contributed by atoms with Crippen LogP contribution in [0, 0.1) is 12.8 Å².